The first kappa shape index (κ1) is 13.9. The quantitative estimate of drug-likeness (QED) is 0.920. The van der Waals surface area contributed by atoms with Gasteiger partial charge < -0.3 is 10.2 Å². The number of benzene rings is 1. The summed E-state index contributed by atoms with van der Waals surface area (Å²) in [5, 5.41) is 3.34. The number of hydrogen-bond acceptors (Lipinski definition) is 4. The first-order valence-electron chi connectivity index (χ1n) is 7.22. The summed E-state index contributed by atoms with van der Waals surface area (Å²) in [4.78, 5) is 11.5. The molecule has 5 heteroatoms. The minimum absolute atomic E-state index is 0.266. The van der Waals surface area contributed by atoms with Crippen molar-refractivity contribution in [3.8, 4) is 11.4 Å². The predicted octanol–water partition coefficient (Wildman–Crippen LogP) is 2.31. The van der Waals surface area contributed by atoms with E-state index < -0.39 is 0 Å². The largest absolute Gasteiger partial charge is 0.354 e. The summed E-state index contributed by atoms with van der Waals surface area (Å²) in [6, 6.07) is 6.44. The van der Waals surface area contributed by atoms with Gasteiger partial charge in [0.05, 0.1) is 0 Å². The molecule has 3 rings (SSSR count). The molecule has 0 saturated carbocycles. The fourth-order valence-corrected chi connectivity index (χ4v) is 2.55. The maximum Gasteiger partial charge on any atom is 0.161 e. The molecule has 1 aliphatic heterocycles. The van der Waals surface area contributed by atoms with Gasteiger partial charge in [-0.05, 0) is 26.0 Å². The molecule has 110 valence electrons. The average molecular weight is 286 g/mol. The zero-order valence-corrected chi connectivity index (χ0v) is 12.4. The fraction of sp³-hybridized carbons (Fsp3) is 0.375. The van der Waals surface area contributed by atoms with Crippen LogP contribution >= 0.6 is 0 Å². The van der Waals surface area contributed by atoms with Crippen molar-refractivity contribution >= 4 is 5.82 Å². The van der Waals surface area contributed by atoms with E-state index in [9.17, 15) is 4.39 Å². The van der Waals surface area contributed by atoms with E-state index in [1.807, 2.05) is 19.9 Å². The molecule has 0 bridgehead atoms. The van der Waals surface area contributed by atoms with Crippen LogP contribution in [0.1, 0.15) is 11.3 Å². The standard InChI is InChI=1S/C16H19FN4/c1-11-12(2)19-15(13-4-3-5-14(17)10-13)20-16(11)21-8-6-18-7-9-21/h3-5,10,18H,6-9H2,1-2H3. The molecule has 1 aromatic heterocycles. The highest BCUT2D eigenvalue weighted by atomic mass is 19.1. The summed E-state index contributed by atoms with van der Waals surface area (Å²) in [6.45, 7) is 7.79. The van der Waals surface area contributed by atoms with E-state index in [2.05, 4.69) is 20.2 Å². The third-order valence-corrected chi connectivity index (χ3v) is 3.86. The second-order valence-electron chi connectivity index (χ2n) is 5.33. The highest BCUT2D eigenvalue weighted by Crippen LogP contribution is 2.25. The van der Waals surface area contributed by atoms with Crippen molar-refractivity contribution in [2.75, 3.05) is 31.1 Å². The van der Waals surface area contributed by atoms with E-state index >= 15 is 0 Å². The first-order chi connectivity index (χ1) is 10.1. The maximum atomic E-state index is 13.4. The Morgan fingerprint density at radius 3 is 2.62 bits per heavy atom. The number of aryl methyl sites for hydroxylation is 1. The van der Waals surface area contributed by atoms with Crippen LogP contribution in [-0.4, -0.2) is 36.1 Å². The van der Waals surface area contributed by atoms with Gasteiger partial charge in [0, 0.05) is 43.0 Å². The third kappa shape index (κ3) is 2.88. The van der Waals surface area contributed by atoms with Gasteiger partial charge in [-0.2, -0.15) is 0 Å². The Labute approximate surface area is 124 Å². The third-order valence-electron chi connectivity index (χ3n) is 3.86. The second kappa shape index (κ2) is 5.77. The molecular weight excluding hydrogens is 267 g/mol. The van der Waals surface area contributed by atoms with Gasteiger partial charge in [-0.1, -0.05) is 12.1 Å². The Hall–Kier alpha value is -2.01. The summed E-state index contributed by atoms with van der Waals surface area (Å²) in [5.41, 5.74) is 2.75. The minimum Gasteiger partial charge on any atom is -0.354 e. The van der Waals surface area contributed by atoms with Crippen LogP contribution in [0.5, 0.6) is 0 Å². The number of anilines is 1. The van der Waals surface area contributed by atoms with Crippen molar-refractivity contribution in [1.82, 2.24) is 15.3 Å². The highest BCUT2D eigenvalue weighted by Gasteiger charge is 2.17. The zero-order chi connectivity index (χ0) is 14.8. The Balaban J connectivity index is 2.04. The van der Waals surface area contributed by atoms with Gasteiger partial charge in [0.1, 0.15) is 11.6 Å². The molecule has 0 amide bonds. The lowest BCUT2D eigenvalue weighted by Crippen LogP contribution is -2.44. The molecule has 1 N–H and O–H groups in total. The number of nitrogens with zero attached hydrogens (tertiary/aromatic N) is 3. The first-order valence-corrected chi connectivity index (χ1v) is 7.22. The Bertz CT molecular complexity index is 651. The summed E-state index contributed by atoms with van der Waals surface area (Å²) >= 11 is 0. The van der Waals surface area contributed by atoms with Gasteiger partial charge in [0.25, 0.3) is 0 Å². The van der Waals surface area contributed by atoms with Crippen LogP contribution in [0.2, 0.25) is 0 Å². The Kier molecular flexibility index (Phi) is 3.84. The lowest BCUT2D eigenvalue weighted by Gasteiger charge is -2.30. The van der Waals surface area contributed by atoms with Crippen molar-refractivity contribution < 1.29 is 4.39 Å². The summed E-state index contributed by atoms with van der Waals surface area (Å²) < 4.78 is 13.4. The zero-order valence-electron chi connectivity index (χ0n) is 12.4. The number of halogens is 1. The number of piperazine rings is 1. The normalized spacial score (nSPS) is 15.3. The van der Waals surface area contributed by atoms with Gasteiger partial charge in [0.2, 0.25) is 0 Å². The van der Waals surface area contributed by atoms with E-state index in [4.69, 9.17) is 0 Å². The van der Waals surface area contributed by atoms with Crippen molar-refractivity contribution in [2.45, 2.75) is 13.8 Å². The molecule has 1 fully saturated rings. The maximum absolute atomic E-state index is 13.4. The van der Waals surface area contributed by atoms with Crippen molar-refractivity contribution in [3.63, 3.8) is 0 Å². The number of nitrogens with one attached hydrogen (secondary N) is 1. The lowest BCUT2D eigenvalue weighted by atomic mass is 10.1. The van der Waals surface area contributed by atoms with Gasteiger partial charge in [-0.25, -0.2) is 14.4 Å². The van der Waals surface area contributed by atoms with Crippen LogP contribution in [0.25, 0.3) is 11.4 Å². The molecule has 0 radical (unpaired) electrons. The van der Waals surface area contributed by atoms with E-state index in [1.54, 1.807) is 6.07 Å². The van der Waals surface area contributed by atoms with E-state index in [-0.39, 0.29) is 5.82 Å². The van der Waals surface area contributed by atoms with Crippen molar-refractivity contribution in [1.29, 1.82) is 0 Å². The Morgan fingerprint density at radius 2 is 1.90 bits per heavy atom. The Morgan fingerprint density at radius 1 is 1.14 bits per heavy atom. The molecule has 2 aromatic rings. The smallest absolute Gasteiger partial charge is 0.161 e. The van der Waals surface area contributed by atoms with Gasteiger partial charge in [0.15, 0.2) is 5.82 Å². The van der Waals surface area contributed by atoms with Gasteiger partial charge in [-0.15, -0.1) is 0 Å². The van der Waals surface area contributed by atoms with E-state index in [0.29, 0.717) is 5.82 Å². The average Bonchev–Trinajstić information content (AvgIpc) is 2.51. The SMILES string of the molecule is Cc1nc(-c2cccc(F)c2)nc(N2CCNCC2)c1C. The van der Waals surface area contributed by atoms with Crippen LogP contribution < -0.4 is 10.2 Å². The number of hydrogen-bond donors (Lipinski definition) is 1. The summed E-state index contributed by atoms with van der Waals surface area (Å²) in [7, 11) is 0. The summed E-state index contributed by atoms with van der Waals surface area (Å²) in [5.74, 6) is 1.28. The van der Waals surface area contributed by atoms with Crippen molar-refractivity contribution in [3.05, 3.63) is 41.3 Å². The molecule has 2 heterocycles. The highest BCUT2D eigenvalue weighted by molar-refractivity contribution is 5.60. The molecule has 0 atom stereocenters. The molecular formula is C16H19FN4. The topological polar surface area (TPSA) is 41.1 Å². The van der Waals surface area contributed by atoms with Gasteiger partial charge >= 0.3 is 0 Å². The number of rotatable bonds is 2. The molecule has 0 unspecified atom stereocenters. The van der Waals surface area contributed by atoms with Crippen LogP contribution in [0.3, 0.4) is 0 Å². The summed E-state index contributed by atoms with van der Waals surface area (Å²) in [6.07, 6.45) is 0. The minimum atomic E-state index is -0.266. The fourth-order valence-electron chi connectivity index (χ4n) is 2.55. The van der Waals surface area contributed by atoms with E-state index in [0.717, 1.165) is 48.8 Å². The molecule has 1 aliphatic rings. The second-order valence-corrected chi connectivity index (χ2v) is 5.33. The lowest BCUT2D eigenvalue weighted by molar-refractivity contribution is 0.583. The monoisotopic (exact) mass is 286 g/mol. The van der Waals surface area contributed by atoms with E-state index in [1.165, 1.54) is 12.1 Å². The molecule has 4 nitrogen and oxygen atoms in total. The van der Waals surface area contributed by atoms with Crippen LogP contribution in [-0.2, 0) is 0 Å². The molecule has 1 saturated heterocycles. The van der Waals surface area contributed by atoms with Crippen LogP contribution in [0.4, 0.5) is 10.2 Å². The molecule has 1 aromatic carbocycles. The number of aromatic nitrogens is 2. The van der Waals surface area contributed by atoms with Crippen LogP contribution in [0.15, 0.2) is 24.3 Å². The predicted molar refractivity (Wildman–Crippen MR) is 82.0 cm³/mol. The molecule has 21 heavy (non-hydrogen) atoms. The van der Waals surface area contributed by atoms with Crippen LogP contribution in [0, 0.1) is 19.7 Å². The van der Waals surface area contributed by atoms with Gasteiger partial charge in [-0.3, -0.25) is 0 Å². The molecule has 0 spiro atoms. The van der Waals surface area contributed by atoms with Crippen molar-refractivity contribution in [2.24, 2.45) is 0 Å². The molecule has 0 aliphatic carbocycles.